The number of likely N-dealkylation sites (N-methyl/N-ethyl adjacent to an activating group) is 2. The average molecular weight is 219 g/mol. The molecule has 0 aliphatic heterocycles. The van der Waals surface area contributed by atoms with Gasteiger partial charge in [-0.15, -0.1) is 0 Å². The highest BCUT2D eigenvalue weighted by Gasteiger charge is 2.21. The van der Waals surface area contributed by atoms with Gasteiger partial charge in [0.25, 0.3) is 0 Å². The minimum Gasteiger partial charge on any atom is -0.481 e. The van der Waals surface area contributed by atoms with Crippen LogP contribution in [0.3, 0.4) is 0 Å². The van der Waals surface area contributed by atoms with Crippen LogP contribution >= 0.6 is 0 Å². The second-order valence-corrected chi connectivity index (χ2v) is 3.14. The van der Waals surface area contributed by atoms with Crippen molar-refractivity contribution in [1.29, 1.82) is 0 Å². The number of hydrogen-bond acceptors (Lipinski definition) is 5. The van der Waals surface area contributed by atoms with Gasteiger partial charge in [-0.05, 0) is 7.05 Å². The van der Waals surface area contributed by atoms with Crippen LogP contribution in [0.1, 0.15) is 6.42 Å². The molecule has 0 aromatic heterocycles. The molecule has 7 nitrogen and oxygen atoms in total. The van der Waals surface area contributed by atoms with Crippen LogP contribution in [0.5, 0.6) is 0 Å². The Labute approximate surface area is 88.0 Å². The third-order valence-electron chi connectivity index (χ3n) is 1.75. The first-order chi connectivity index (χ1) is 6.97. The molecule has 0 rings (SSSR count). The van der Waals surface area contributed by atoms with E-state index >= 15 is 0 Å². The maximum atomic E-state index is 10.7. The van der Waals surface area contributed by atoms with E-state index in [-0.39, 0.29) is 0 Å². The van der Waals surface area contributed by atoms with Gasteiger partial charge in [0, 0.05) is 20.1 Å². The zero-order valence-corrected chi connectivity index (χ0v) is 8.86. The summed E-state index contributed by atoms with van der Waals surface area (Å²) in [4.78, 5) is 21.1. The highest BCUT2D eigenvalue weighted by Crippen LogP contribution is 1.93. The Morgan fingerprint density at radius 1 is 1.40 bits per heavy atom. The normalized spacial score (nSPS) is 12.7. The van der Waals surface area contributed by atoms with E-state index in [1.54, 1.807) is 19.1 Å². The van der Waals surface area contributed by atoms with Gasteiger partial charge in [0.05, 0.1) is 6.42 Å². The molecule has 0 aromatic rings. The predicted octanol–water partition coefficient (Wildman–Crippen LogP) is -1.43. The zero-order valence-electron chi connectivity index (χ0n) is 8.86. The van der Waals surface area contributed by atoms with E-state index in [1.807, 2.05) is 0 Å². The highest BCUT2D eigenvalue weighted by molar-refractivity contribution is 5.80. The van der Waals surface area contributed by atoms with E-state index in [1.165, 1.54) is 0 Å². The largest absolute Gasteiger partial charge is 0.481 e. The van der Waals surface area contributed by atoms with Gasteiger partial charge in [0.15, 0.2) is 0 Å². The summed E-state index contributed by atoms with van der Waals surface area (Å²) < 4.78 is 0. The van der Waals surface area contributed by atoms with Crippen LogP contribution in [0.2, 0.25) is 0 Å². The molecule has 0 amide bonds. The first kappa shape index (κ1) is 13.8. The van der Waals surface area contributed by atoms with Crippen molar-refractivity contribution in [3.63, 3.8) is 0 Å². The van der Waals surface area contributed by atoms with Crippen molar-refractivity contribution in [3.05, 3.63) is 0 Å². The molecular formula is C8H17N3O4. The number of carboxylic acids is 2. The third kappa shape index (κ3) is 6.83. The molecular weight excluding hydrogens is 202 g/mol. The lowest BCUT2D eigenvalue weighted by Gasteiger charge is -2.22. The molecule has 0 unspecified atom stereocenters. The second kappa shape index (κ2) is 7.16. The maximum Gasteiger partial charge on any atom is 0.322 e. The van der Waals surface area contributed by atoms with Gasteiger partial charge in [0.1, 0.15) is 6.04 Å². The van der Waals surface area contributed by atoms with Crippen LogP contribution in [-0.4, -0.2) is 60.4 Å². The van der Waals surface area contributed by atoms with Crippen molar-refractivity contribution in [2.75, 3.05) is 27.2 Å². The summed E-state index contributed by atoms with van der Waals surface area (Å²) in [6, 6.07) is -1.09. The molecule has 0 radical (unpaired) electrons. The fraction of sp³-hybridized carbons (Fsp3) is 0.750. The van der Waals surface area contributed by atoms with Crippen molar-refractivity contribution in [2.24, 2.45) is 0 Å². The van der Waals surface area contributed by atoms with E-state index in [0.29, 0.717) is 13.1 Å². The zero-order chi connectivity index (χ0) is 11.8. The molecule has 4 N–H and O–H groups in total. The lowest BCUT2D eigenvalue weighted by molar-refractivity contribution is -0.147. The molecule has 0 bridgehead atoms. The van der Waals surface area contributed by atoms with E-state index in [4.69, 9.17) is 10.2 Å². The predicted molar refractivity (Wildman–Crippen MR) is 53.4 cm³/mol. The standard InChI is InChI=1S/C8H17N3O4/c1-9-3-4-11(2)10-6(8(14)15)5-7(12)13/h6,9-10H,3-5H2,1-2H3,(H,12,13)(H,14,15)/t6-/m0/s1. The molecule has 0 fully saturated rings. The number of carboxylic acid groups (broad SMARTS) is 2. The van der Waals surface area contributed by atoms with Gasteiger partial charge in [-0.3, -0.25) is 9.59 Å². The summed E-state index contributed by atoms with van der Waals surface area (Å²) in [6.45, 7) is 1.27. The smallest absolute Gasteiger partial charge is 0.322 e. The maximum absolute atomic E-state index is 10.7. The Kier molecular flexibility index (Phi) is 6.59. The molecule has 15 heavy (non-hydrogen) atoms. The van der Waals surface area contributed by atoms with E-state index in [2.05, 4.69) is 10.7 Å². The summed E-state index contributed by atoms with van der Waals surface area (Å²) in [6.07, 6.45) is -0.445. The average Bonchev–Trinajstić information content (AvgIpc) is 2.12. The fourth-order valence-corrected chi connectivity index (χ4v) is 0.973. The van der Waals surface area contributed by atoms with Crippen LogP contribution in [-0.2, 0) is 9.59 Å². The number of aliphatic carboxylic acids is 2. The van der Waals surface area contributed by atoms with Crippen molar-refractivity contribution in [2.45, 2.75) is 12.5 Å². The lowest BCUT2D eigenvalue weighted by atomic mass is 10.2. The number of hydrogen-bond donors (Lipinski definition) is 4. The molecule has 1 atom stereocenters. The molecule has 0 spiro atoms. The van der Waals surface area contributed by atoms with Crippen molar-refractivity contribution in [3.8, 4) is 0 Å². The van der Waals surface area contributed by atoms with Gasteiger partial charge in [-0.25, -0.2) is 10.4 Å². The summed E-state index contributed by atoms with van der Waals surface area (Å²) in [5.74, 6) is -2.31. The summed E-state index contributed by atoms with van der Waals surface area (Å²) in [7, 11) is 3.44. The van der Waals surface area contributed by atoms with Gasteiger partial charge in [-0.1, -0.05) is 0 Å². The van der Waals surface area contributed by atoms with Crippen LogP contribution < -0.4 is 10.7 Å². The van der Waals surface area contributed by atoms with Gasteiger partial charge in [0.2, 0.25) is 0 Å². The van der Waals surface area contributed by atoms with Crippen molar-refractivity contribution >= 4 is 11.9 Å². The molecule has 7 heteroatoms. The van der Waals surface area contributed by atoms with E-state index < -0.39 is 24.4 Å². The second-order valence-electron chi connectivity index (χ2n) is 3.14. The minimum atomic E-state index is -1.17. The Morgan fingerprint density at radius 3 is 2.40 bits per heavy atom. The fourth-order valence-electron chi connectivity index (χ4n) is 0.973. The van der Waals surface area contributed by atoms with Crippen LogP contribution in [0.4, 0.5) is 0 Å². The SMILES string of the molecule is CNCCN(C)N[C@@H](CC(=O)O)C(=O)O. The molecule has 0 saturated heterocycles. The minimum absolute atomic E-state index is 0.445. The quantitative estimate of drug-likeness (QED) is 0.371. The van der Waals surface area contributed by atoms with Gasteiger partial charge < -0.3 is 15.5 Å². The summed E-state index contributed by atoms with van der Waals surface area (Å²) in [5.41, 5.74) is 2.60. The number of nitrogens with zero attached hydrogens (tertiary/aromatic N) is 1. The first-order valence-electron chi connectivity index (χ1n) is 4.54. The third-order valence-corrected chi connectivity index (χ3v) is 1.75. The molecule has 0 saturated carbocycles. The Hall–Kier alpha value is -1.18. The monoisotopic (exact) mass is 219 g/mol. The topological polar surface area (TPSA) is 102 Å². The van der Waals surface area contributed by atoms with Crippen molar-refractivity contribution in [1.82, 2.24) is 15.8 Å². The lowest BCUT2D eigenvalue weighted by Crippen LogP contribution is -2.49. The van der Waals surface area contributed by atoms with Crippen molar-refractivity contribution < 1.29 is 19.8 Å². The van der Waals surface area contributed by atoms with E-state index in [0.717, 1.165) is 0 Å². The summed E-state index contributed by atoms with van der Waals surface area (Å²) in [5, 5.41) is 21.7. The molecule has 0 heterocycles. The number of carbonyl (C=O) groups is 2. The number of nitrogens with one attached hydrogen (secondary N) is 2. The number of rotatable bonds is 8. The van der Waals surface area contributed by atoms with Crippen LogP contribution in [0, 0.1) is 0 Å². The van der Waals surface area contributed by atoms with Gasteiger partial charge in [-0.2, -0.15) is 0 Å². The Balaban J connectivity index is 4.04. The Morgan fingerprint density at radius 2 is 2.00 bits per heavy atom. The van der Waals surface area contributed by atoms with E-state index in [9.17, 15) is 9.59 Å². The molecule has 0 aliphatic carbocycles. The highest BCUT2D eigenvalue weighted by atomic mass is 16.4. The van der Waals surface area contributed by atoms with Gasteiger partial charge >= 0.3 is 11.9 Å². The first-order valence-corrected chi connectivity index (χ1v) is 4.54. The molecule has 0 aliphatic rings. The van der Waals surface area contributed by atoms with Crippen LogP contribution in [0.15, 0.2) is 0 Å². The summed E-state index contributed by atoms with van der Waals surface area (Å²) >= 11 is 0. The Bertz CT molecular complexity index is 222. The van der Waals surface area contributed by atoms with Crippen LogP contribution in [0.25, 0.3) is 0 Å². The molecule has 88 valence electrons. The number of hydrazine groups is 1. The molecule has 0 aromatic carbocycles.